The number of hydrogen-bond donors (Lipinski definition) is 3. The minimum atomic E-state index is -4.64. The molecule has 430 valence electrons. The number of benzene rings is 2. The predicted molar refractivity (Wildman–Crippen MR) is 285 cm³/mol. The molecule has 0 fully saturated rings. The molecule has 0 bridgehead atoms. The number of alkyl halides is 6. The van der Waals surface area contributed by atoms with Crippen molar-refractivity contribution in [2.75, 3.05) is 33.5 Å². The summed E-state index contributed by atoms with van der Waals surface area (Å²) in [7, 11) is -1.47. The molecule has 0 radical (unpaired) electrons. The van der Waals surface area contributed by atoms with Crippen molar-refractivity contribution in [3.05, 3.63) is 107 Å². The quantitative estimate of drug-likeness (QED) is 0.0196. The zero-order valence-corrected chi connectivity index (χ0v) is 48.7. The number of nitrogens with one attached hydrogen (secondary N) is 2. The van der Waals surface area contributed by atoms with Crippen LogP contribution in [0.25, 0.3) is 45.0 Å². The van der Waals surface area contributed by atoms with Crippen molar-refractivity contribution in [3.8, 4) is 56.8 Å². The standard InChI is InChI=1S/C28H35F4N3O4Si.C27H33F4N3O4Si/c1-18-12-24(39-16-27(2,3)26(36)37-4)33-14-21(18)19-8-9-20(22(29)13-19)25-34-23(28(30,31)32)15-35(25)17-38-10-11-40(5,6)7;1-17-11-23(38-15-26(2,3)25(35)36)32-13-20(17)18-7-8-19(21(28)12-18)24-33-22(27(29,30)31)14-34(24)16-37-9-10-39(4,5)6/h8-9,12-15H,10-11,16-17H2,1-7H3;7-8,11-14H,9-10,15-16H2,1-6H3,(H,35,36)/p+2. The maximum atomic E-state index is 15.4. The molecule has 6 rings (SSSR count). The minimum absolute atomic E-state index is 0.0244. The molecule has 24 heteroatoms. The van der Waals surface area contributed by atoms with Gasteiger partial charge in [0.1, 0.15) is 37.2 Å². The number of halogens is 8. The highest BCUT2D eigenvalue weighted by Gasteiger charge is 2.41. The van der Waals surface area contributed by atoms with Crippen LogP contribution in [0, 0.1) is 36.3 Å². The fourth-order valence-electron chi connectivity index (χ4n) is 7.40. The number of aryl methyl sites for hydroxylation is 2. The fourth-order valence-corrected chi connectivity index (χ4v) is 8.91. The smallest absolute Gasteiger partial charge is 0.457 e. The highest BCUT2D eigenvalue weighted by molar-refractivity contribution is 6.76. The lowest BCUT2D eigenvalue weighted by Gasteiger charge is -2.21. The average molecular weight is 1150 g/mol. The van der Waals surface area contributed by atoms with Gasteiger partial charge in [0.05, 0.1) is 29.1 Å². The van der Waals surface area contributed by atoms with Crippen LogP contribution in [0.5, 0.6) is 11.8 Å². The number of pyridine rings is 2. The lowest BCUT2D eigenvalue weighted by Crippen LogP contribution is -2.36. The Labute approximate surface area is 456 Å². The van der Waals surface area contributed by atoms with Crippen molar-refractivity contribution in [1.29, 1.82) is 0 Å². The van der Waals surface area contributed by atoms with E-state index in [0.29, 0.717) is 41.0 Å². The first-order chi connectivity index (χ1) is 36.5. The summed E-state index contributed by atoms with van der Waals surface area (Å²) in [6, 6.07) is 13.5. The SMILES string of the molecule is COC(=O)C(C)(C)COc1cc(C)c(-c2ccc(-c3[nH]c(C(F)(F)F)c[n+]3COCC[Si](C)(C)C)c(F)c2)cn1.Cc1cc(OCC(C)(C)C(=O)O)ncc1-c1ccc(-c2[nH]c(C(F)(F)F)c[n+]2COCC[Si](C)(C)C)c(F)c1. The third kappa shape index (κ3) is 17.7. The lowest BCUT2D eigenvalue weighted by atomic mass is 9.95. The second kappa shape index (κ2) is 25.3. The number of imidazole rings is 2. The van der Waals surface area contributed by atoms with Gasteiger partial charge >= 0.3 is 24.3 Å². The second-order valence-electron chi connectivity index (χ2n) is 22.9. The monoisotopic (exact) mass is 1150 g/mol. The highest BCUT2D eigenvalue weighted by atomic mass is 28.3. The van der Waals surface area contributed by atoms with E-state index in [1.165, 1.54) is 66.8 Å². The normalized spacial score (nSPS) is 12.5. The molecule has 4 heterocycles. The van der Waals surface area contributed by atoms with Gasteiger partial charge in [-0.15, -0.1) is 0 Å². The van der Waals surface area contributed by atoms with E-state index in [-0.39, 0.29) is 61.2 Å². The average Bonchev–Trinajstić information content (AvgIpc) is 4.05. The first kappa shape index (κ1) is 63.3. The number of aliphatic carboxylic acids is 1. The van der Waals surface area contributed by atoms with Crippen LogP contribution in [0.3, 0.4) is 0 Å². The zero-order chi connectivity index (χ0) is 59.1. The van der Waals surface area contributed by atoms with E-state index in [2.05, 4.69) is 59.2 Å². The number of H-pyrrole nitrogens is 2. The molecule has 6 aromatic rings. The van der Waals surface area contributed by atoms with Crippen LogP contribution < -0.4 is 18.6 Å². The van der Waals surface area contributed by atoms with Gasteiger partial charge in [0.2, 0.25) is 23.1 Å². The summed E-state index contributed by atoms with van der Waals surface area (Å²) in [5.74, 6) is -2.43. The van der Waals surface area contributed by atoms with Crippen LogP contribution in [0.1, 0.15) is 50.2 Å². The van der Waals surface area contributed by atoms with Gasteiger partial charge in [0.15, 0.2) is 13.5 Å². The molecule has 3 N–H and O–H groups in total. The number of carboxylic acid groups (broad SMARTS) is 1. The Hall–Kier alpha value is -6.51. The molecule has 0 atom stereocenters. The maximum Gasteiger partial charge on any atom is 0.457 e. The van der Waals surface area contributed by atoms with E-state index in [9.17, 15) is 41.0 Å². The molecule has 4 aromatic heterocycles. The molecular formula is C55H70F8N6O8Si2+2. The molecule has 0 aliphatic carbocycles. The van der Waals surface area contributed by atoms with E-state index in [4.69, 9.17) is 23.7 Å². The van der Waals surface area contributed by atoms with Crippen molar-refractivity contribution in [3.63, 3.8) is 0 Å². The van der Waals surface area contributed by atoms with E-state index in [0.717, 1.165) is 30.0 Å². The van der Waals surface area contributed by atoms with Gasteiger partial charge < -0.3 is 28.8 Å². The number of ether oxygens (including phenoxy) is 5. The van der Waals surface area contributed by atoms with Crippen LogP contribution in [-0.2, 0) is 49.6 Å². The maximum absolute atomic E-state index is 15.4. The van der Waals surface area contributed by atoms with E-state index >= 15 is 8.78 Å². The summed E-state index contributed by atoms with van der Waals surface area (Å²) in [4.78, 5) is 36.3. The molecule has 0 aliphatic heterocycles. The largest absolute Gasteiger partial charge is 0.481 e. The molecule has 14 nitrogen and oxygen atoms in total. The van der Waals surface area contributed by atoms with E-state index < -0.39 is 74.3 Å². The first-order valence-corrected chi connectivity index (χ1v) is 32.6. The number of carboxylic acids is 1. The first-order valence-electron chi connectivity index (χ1n) is 25.2. The highest BCUT2D eigenvalue weighted by Crippen LogP contribution is 2.35. The van der Waals surface area contributed by atoms with Gasteiger partial charge in [-0.3, -0.25) is 9.59 Å². The number of carbonyl (C=O) groups excluding carboxylic acids is 1. The molecule has 2 aromatic carbocycles. The van der Waals surface area contributed by atoms with Gasteiger partial charge in [-0.25, -0.2) is 37.9 Å². The molecule has 79 heavy (non-hydrogen) atoms. The zero-order valence-electron chi connectivity index (χ0n) is 46.7. The Balaban J connectivity index is 0.000000291. The fraction of sp³-hybridized carbons (Fsp3) is 0.455. The Morgan fingerprint density at radius 1 is 0.608 bits per heavy atom. The summed E-state index contributed by atoms with van der Waals surface area (Å²) in [6.45, 7) is 23.5. The number of esters is 1. The topological polar surface area (TPSA) is 166 Å². The van der Waals surface area contributed by atoms with Crippen molar-refractivity contribution < 1.29 is 82.6 Å². The Morgan fingerprint density at radius 2 is 0.987 bits per heavy atom. The number of rotatable bonds is 22. The van der Waals surface area contributed by atoms with Crippen molar-refractivity contribution in [2.24, 2.45) is 10.8 Å². The summed E-state index contributed by atoms with van der Waals surface area (Å²) < 4.78 is 141. The summed E-state index contributed by atoms with van der Waals surface area (Å²) in [6.07, 6.45) is -4.49. The number of aromatic nitrogens is 6. The molecule has 0 amide bonds. The van der Waals surface area contributed by atoms with Crippen molar-refractivity contribution >= 4 is 28.1 Å². The number of hydrogen-bond acceptors (Lipinski definition) is 9. The van der Waals surface area contributed by atoms with Gasteiger partial charge in [-0.05, 0) is 100 Å². The van der Waals surface area contributed by atoms with Gasteiger partial charge in [0.25, 0.3) is 11.6 Å². The number of methoxy groups -OCH3 is 1. The molecule has 0 spiro atoms. The predicted octanol–water partition coefficient (Wildman–Crippen LogP) is 12.7. The Morgan fingerprint density at radius 3 is 1.30 bits per heavy atom. The van der Waals surface area contributed by atoms with Gasteiger partial charge in [-0.1, -0.05) is 51.4 Å². The van der Waals surface area contributed by atoms with Crippen LogP contribution in [0.15, 0.2) is 73.3 Å². The van der Waals surface area contributed by atoms with Crippen molar-refractivity contribution in [1.82, 2.24) is 19.9 Å². The summed E-state index contributed by atoms with van der Waals surface area (Å²) in [5, 5.41) is 9.24. The minimum Gasteiger partial charge on any atom is -0.481 e. The third-order valence-electron chi connectivity index (χ3n) is 12.4. The van der Waals surface area contributed by atoms with Gasteiger partial charge in [0, 0.05) is 65.0 Å². The second-order valence-corrected chi connectivity index (χ2v) is 34.1. The summed E-state index contributed by atoms with van der Waals surface area (Å²) >= 11 is 0. The number of aromatic amines is 2. The lowest BCUT2D eigenvalue weighted by molar-refractivity contribution is -0.722. The molecule has 0 unspecified atom stereocenters. The van der Waals surface area contributed by atoms with E-state index in [1.807, 2.05) is 0 Å². The van der Waals surface area contributed by atoms with E-state index in [1.54, 1.807) is 52.0 Å². The summed E-state index contributed by atoms with van der Waals surface area (Å²) in [5.41, 5.74) is -0.424. The Bertz CT molecular complexity index is 3090. The van der Waals surface area contributed by atoms with Crippen LogP contribution in [-0.4, -0.2) is 86.7 Å². The molecular weight excluding hydrogens is 1080 g/mol. The molecule has 0 saturated carbocycles. The van der Waals surface area contributed by atoms with Crippen molar-refractivity contribution in [2.45, 2.75) is 119 Å². The van der Waals surface area contributed by atoms with Crippen LogP contribution in [0.2, 0.25) is 51.4 Å². The molecule has 0 aliphatic rings. The molecule has 0 saturated heterocycles. The van der Waals surface area contributed by atoms with Crippen LogP contribution >= 0.6 is 0 Å². The number of carbonyl (C=O) groups is 2. The number of nitrogens with zero attached hydrogens (tertiary/aromatic N) is 4. The third-order valence-corrected chi connectivity index (χ3v) is 15.8. The van der Waals surface area contributed by atoms with Crippen LogP contribution in [0.4, 0.5) is 35.1 Å². The van der Waals surface area contributed by atoms with Gasteiger partial charge in [-0.2, -0.15) is 26.3 Å². The Kier molecular flexibility index (Phi) is 20.3.